The summed E-state index contributed by atoms with van der Waals surface area (Å²) in [5.74, 6) is 0. The highest BCUT2D eigenvalue weighted by atomic mass is 16.4. The molecule has 3 N–H and O–H groups in total. The zero-order valence-electron chi connectivity index (χ0n) is 8.95. The standard InChI is InChI=1S/C11H15N3O/c1-7-3-4-9-10(5-7)15-11(14-9)13-6-8(2)12/h3-5,8H,6,12H2,1-2H3,(H,13,14). The fourth-order valence-electron chi connectivity index (χ4n) is 1.36. The summed E-state index contributed by atoms with van der Waals surface area (Å²) in [6.45, 7) is 4.61. The first kappa shape index (κ1) is 9.98. The Morgan fingerprint density at radius 2 is 2.33 bits per heavy atom. The summed E-state index contributed by atoms with van der Waals surface area (Å²) in [5.41, 5.74) is 8.47. The summed E-state index contributed by atoms with van der Waals surface area (Å²) in [6.07, 6.45) is 0. The third-order valence-corrected chi connectivity index (χ3v) is 2.12. The van der Waals surface area contributed by atoms with Gasteiger partial charge in [-0.1, -0.05) is 6.07 Å². The van der Waals surface area contributed by atoms with Crippen LogP contribution in [0.5, 0.6) is 0 Å². The van der Waals surface area contributed by atoms with E-state index in [1.165, 1.54) is 0 Å². The lowest BCUT2D eigenvalue weighted by atomic mass is 10.2. The van der Waals surface area contributed by atoms with E-state index >= 15 is 0 Å². The van der Waals surface area contributed by atoms with Crippen LogP contribution in [0.25, 0.3) is 11.1 Å². The minimum atomic E-state index is 0.0850. The summed E-state index contributed by atoms with van der Waals surface area (Å²) < 4.78 is 5.52. The van der Waals surface area contributed by atoms with Crippen LogP contribution in [0.2, 0.25) is 0 Å². The third-order valence-electron chi connectivity index (χ3n) is 2.12. The van der Waals surface area contributed by atoms with E-state index in [9.17, 15) is 0 Å². The molecule has 0 bridgehead atoms. The Bertz CT molecular complexity index is 462. The number of aryl methyl sites for hydroxylation is 1. The third kappa shape index (κ3) is 2.27. The highest BCUT2D eigenvalue weighted by Crippen LogP contribution is 2.19. The van der Waals surface area contributed by atoms with Crippen LogP contribution >= 0.6 is 0 Å². The number of aromatic nitrogens is 1. The van der Waals surface area contributed by atoms with E-state index in [0.29, 0.717) is 12.6 Å². The van der Waals surface area contributed by atoms with E-state index in [1.54, 1.807) is 0 Å². The number of fused-ring (bicyclic) bond motifs is 1. The van der Waals surface area contributed by atoms with Gasteiger partial charge in [0, 0.05) is 12.6 Å². The number of anilines is 1. The van der Waals surface area contributed by atoms with Gasteiger partial charge in [0.2, 0.25) is 0 Å². The Morgan fingerprint density at radius 3 is 3.07 bits per heavy atom. The number of hydrogen-bond acceptors (Lipinski definition) is 4. The predicted molar refractivity (Wildman–Crippen MR) is 60.9 cm³/mol. The molecule has 2 aromatic rings. The van der Waals surface area contributed by atoms with Crippen LogP contribution < -0.4 is 11.1 Å². The average Bonchev–Trinajstić information content (AvgIpc) is 2.56. The van der Waals surface area contributed by atoms with Crippen LogP contribution in [-0.4, -0.2) is 17.6 Å². The molecule has 0 fully saturated rings. The van der Waals surface area contributed by atoms with E-state index in [-0.39, 0.29) is 6.04 Å². The van der Waals surface area contributed by atoms with Crippen LogP contribution in [0.15, 0.2) is 22.6 Å². The Hall–Kier alpha value is -1.55. The van der Waals surface area contributed by atoms with Crippen molar-refractivity contribution in [2.45, 2.75) is 19.9 Å². The first-order valence-electron chi connectivity index (χ1n) is 5.02. The van der Waals surface area contributed by atoms with E-state index in [1.807, 2.05) is 32.0 Å². The van der Waals surface area contributed by atoms with E-state index in [4.69, 9.17) is 10.2 Å². The average molecular weight is 205 g/mol. The number of nitrogens with zero attached hydrogens (tertiary/aromatic N) is 1. The highest BCUT2D eigenvalue weighted by molar-refractivity contribution is 5.75. The second kappa shape index (κ2) is 3.90. The maximum atomic E-state index is 5.63. The SMILES string of the molecule is Cc1ccc2nc(NCC(C)N)oc2c1. The van der Waals surface area contributed by atoms with Crippen molar-refractivity contribution in [1.29, 1.82) is 0 Å². The molecule has 0 aliphatic carbocycles. The summed E-state index contributed by atoms with van der Waals surface area (Å²) in [4.78, 5) is 4.29. The topological polar surface area (TPSA) is 64.1 Å². The molecule has 1 heterocycles. The minimum Gasteiger partial charge on any atom is -0.424 e. The molecule has 4 nitrogen and oxygen atoms in total. The molecule has 0 saturated carbocycles. The second-order valence-corrected chi connectivity index (χ2v) is 3.85. The van der Waals surface area contributed by atoms with Gasteiger partial charge in [0.15, 0.2) is 5.58 Å². The maximum Gasteiger partial charge on any atom is 0.295 e. The lowest BCUT2D eigenvalue weighted by molar-refractivity contribution is 0.607. The van der Waals surface area contributed by atoms with Crippen molar-refractivity contribution >= 4 is 17.1 Å². The van der Waals surface area contributed by atoms with Crippen molar-refractivity contribution in [3.63, 3.8) is 0 Å². The Kier molecular flexibility index (Phi) is 2.60. The van der Waals surface area contributed by atoms with Crippen LogP contribution in [0.3, 0.4) is 0 Å². The van der Waals surface area contributed by atoms with Crippen molar-refractivity contribution in [2.24, 2.45) is 5.73 Å². The van der Waals surface area contributed by atoms with Crippen molar-refractivity contribution in [3.8, 4) is 0 Å². The molecule has 0 saturated heterocycles. The number of oxazole rings is 1. The van der Waals surface area contributed by atoms with Crippen molar-refractivity contribution in [1.82, 2.24) is 4.98 Å². The van der Waals surface area contributed by atoms with Gasteiger partial charge in [0.1, 0.15) is 5.52 Å². The van der Waals surface area contributed by atoms with E-state index in [0.717, 1.165) is 16.7 Å². The molecule has 0 aliphatic rings. The van der Waals surface area contributed by atoms with E-state index < -0.39 is 0 Å². The monoisotopic (exact) mass is 205 g/mol. The van der Waals surface area contributed by atoms with Crippen LogP contribution in [0.1, 0.15) is 12.5 Å². The lowest BCUT2D eigenvalue weighted by Gasteiger charge is -2.03. The van der Waals surface area contributed by atoms with Gasteiger partial charge in [-0.3, -0.25) is 0 Å². The Balaban J connectivity index is 2.23. The van der Waals surface area contributed by atoms with Gasteiger partial charge in [0.05, 0.1) is 0 Å². The molecule has 4 heteroatoms. The number of rotatable bonds is 3. The van der Waals surface area contributed by atoms with Crippen LogP contribution in [0, 0.1) is 6.92 Å². The normalized spacial score (nSPS) is 13.0. The number of nitrogens with two attached hydrogens (primary N) is 1. The maximum absolute atomic E-state index is 5.63. The molecule has 1 unspecified atom stereocenters. The zero-order chi connectivity index (χ0) is 10.8. The first-order valence-corrected chi connectivity index (χ1v) is 5.02. The van der Waals surface area contributed by atoms with Gasteiger partial charge >= 0.3 is 0 Å². The molecule has 0 aliphatic heterocycles. The molecule has 0 spiro atoms. The van der Waals surface area contributed by atoms with Gasteiger partial charge in [-0.25, -0.2) is 0 Å². The number of hydrogen-bond donors (Lipinski definition) is 2. The quantitative estimate of drug-likeness (QED) is 0.803. The van der Waals surface area contributed by atoms with Gasteiger partial charge in [-0.05, 0) is 31.5 Å². The number of benzene rings is 1. The van der Waals surface area contributed by atoms with Gasteiger partial charge < -0.3 is 15.5 Å². The van der Waals surface area contributed by atoms with E-state index in [2.05, 4.69) is 10.3 Å². The van der Waals surface area contributed by atoms with Gasteiger partial charge in [-0.15, -0.1) is 0 Å². The van der Waals surface area contributed by atoms with Crippen LogP contribution in [0.4, 0.5) is 6.01 Å². The van der Waals surface area contributed by atoms with Gasteiger partial charge in [0.25, 0.3) is 6.01 Å². The molecule has 15 heavy (non-hydrogen) atoms. The number of nitrogens with one attached hydrogen (secondary N) is 1. The van der Waals surface area contributed by atoms with Crippen LogP contribution in [-0.2, 0) is 0 Å². The zero-order valence-corrected chi connectivity index (χ0v) is 8.95. The molecule has 80 valence electrons. The minimum absolute atomic E-state index is 0.0850. The van der Waals surface area contributed by atoms with Crippen molar-refractivity contribution in [3.05, 3.63) is 23.8 Å². The fraction of sp³-hybridized carbons (Fsp3) is 0.364. The molecule has 1 atom stereocenters. The smallest absolute Gasteiger partial charge is 0.295 e. The first-order chi connectivity index (χ1) is 7.15. The Morgan fingerprint density at radius 1 is 1.53 bits per heavy atom. The summed E-state index contributed by atoms with van der Waals surface area (Å²) >= 11 is 0. The highest BCUT2D eigenvalue weighted by Gasteiger charge is 2.05. The largest absolute Gasteiger partial charge is 0.424 e. The summed E-state index contributed by atoms with van der Waals surface area (Å²) in [5, 5.41) is 3.05. The van der Waals surface area contributed by atoms with Crippen molar-refractivity contribution in [2.75, 3.05) is 11.9 Å². The fourth-order valence-corrected chi connectivity index (χ4v) is 1.36. The molecule has 1 aromatic heterocycles. The second-order valence-electron chi connectivity index (χ2n) is 3.85. The predicted octanol–water partition coefficient (Wildman–Crippen LogP) is 1.90. The van der Waals surface area contributed by atoms with Gasteiger partial charge in [-0.2, -0.15) is 4.98 Å². The van der Waals surface area contributed by atoms with Crippen molar-refractivity contribution < 1.29 is 4.42 Å². The Labute approximate surface area is 88.5 Å². The lowest BCUT2D eigenvalue weighted by Crippen LogP contribution is -2.25. The molecule has 0 amide bonds. The molecular formula is C11H15N3O. The molecule has 1 aromatic carbocycles. The molecule has 0 radical (unpaired) electrons. The molecular weight excluding hydrogens is 190 g/mol. The molecule has 2 rings (SSSR count). The summed E-state index contributed by atoms with van der Waals surface area (Å²) in [7, 11) is 0. The summed E-state index contributed by atoms with van der Waals surface area (Å²) in [6, 6.07) is 6.56.